The zero-order valence-electron chi connectivity index (χ0n) is 9.84. The smallest absolute Gasteiger partial charge is 0.134 e. The van der Waals surface area contributed by atoms with Gasteiger partial charge in [-0.3, -0.25) is 0 Å². The van der Waals surface area contributed by atoms with E-state index in [4.69, 9.17) is 4.42 Å². The van der Waals surface area contributed by atoms with Gasteiger partial charge in [-0.25, -0.2) is 0 Å². The molecule has 90 valence electrons. The predicted molar refractivity (Wildman–Crippen MR) is 68.8 cm³/mol. The van der Waals surface area contributed by atoms with Gasteiger partial charge in [-0.2, -0.15) is 10.2 Å². The summed E-state index contributed by atoms with van der Waals surface area (Å²) >= 11 is 0. The largest absolute Gasteiger partial charge is 0.460 e. The molecule has 2 heterocycles. The zero-order chi connectivity index (χ0) is 12.2. The number of furan rings is 1. The topological polar surface area (TPSA) is 51.0 Å². The van der Waals surface area contributed by atoms with Gasteiger partial charge in [0.25, 0.3) is 0 Å². The van der Waals surface area contributed by atoms with Crippen LogP contribution < -0.4 is 5.32 Å². The average Bonchev–Trinajstić information content (AvgIpc) is 2.82. The minimum absolute atomic E-state index is 0.685. The van der Waals surface area contributed by atoms with Crippen molar-refractivity contribution in [2.75, 3.05) is 0 Å². The highest BCUT2D eigenvalue weighted by Gasteiger charge is 2.02. The SMILES string of the molecule is c1cnnc(CNCc2cc3ccccc3o2)c1. The van der Waals surface area contributed by atoms with Crippen molar-refractivity contribution in [3.63, 3.8) is 0 Å². The van der Waals surface area contributed by atoms with Crippen LogP contribution >= 0.6 is 0 Å². The molecule has 4 nitrogen and oxygen atoms in total. The monoisotopic (exact) mass is 239 g/mol. The summed E-state index contributed by atoms with van der Waals surface area (Å²) in [6.45, 7) is 1.37. The maximum atomic E-state index is 5.71. The quantitative estimate of drug-likeness (QED) is 0.760. The highest BCUT2D eigenvalue weighted by molar-refractivity contribution is 5.77. The minimum atomic E-state index is 0.685. The summed E-state index contributed by atoms with van der Waals surface area (Å²) in [5.41, 5.74) is 1.85. The standard InChI is InChI=1S/C14H13N3O/c1-2-6-14-11(4-1)8-13(18-14)10-15-9-12-5-3-7-16-17-12/h1-8,15H,9-10H2. The van der Waals surface area contributed by atoms with Crippen LogP contribution in [0.2, 0.25) is 0 Å². The van der Waals surface area contributed by atoms with Gasteiger partial charge in [-0.1, -0.05) is 18.2 Å². The summed E-state index contributed by atoms with van der Waals surface area (Å²) in [6, 6.07) is 13.9. The maximum Gasteiger partial charge on any atom is 0.134 e. The molecule has 0 aliphatic heterocycles. The minimum Gasteiger partial charge on any atom is -0.460 e. The van der Waals surface area contributed by atoms with Crippen molar-refractivity contribution < 1.29 is 4.42 Å². The fraction of sp³-hybridized carbons (Fsp3) is 0.143. The average molecular weight is 239 g/mol. The van der Waals surface area contributed by atoms with Crippen LogP contribution in [0.3, 0.4) is 0 Å². The van der Waals surface area contributed by atoms with Crippen LogP contribution in [0.25, 0.3) is 11.0 Å². The lowest BCUT2D eigenvalue weighted by Crippen LogP contribution is -2.13. The van der Waals surface area contributed by atoms with E-state index in [0.717, 1.165) is 22.4 Å². The maximum absolute atomic E-state index is 5.71. The van der Waals surface area contributed by atoms with Gasteiger partial charge >= 0.3 is 0 Å². The number of nitrogens with zero attached hydrogens (tertiary/aromatic N) is 2. The molecule has 0 aliphatic rings. The van der Waals surface area contributed by atoms with Crippen LogP contribution in [-0.4, -0.2) is 10.2 Å². The van der Waals surface area contributed by atoms with Crippen molar-refractivity contribution in [3.05, 3.63) is 60.1 Å². The molecule has 0 unspecified atom stereocenters. The van der Waals surface area contributed by atoms with E-state index in [0.29, 0.717) is 13.1 Å². The number of benzene rings is 1. The Hall–Kier alpha value is -2.20. The van der Waals surface area contributed by atoms with Crippen LogP contribution in [0.5, 0.6) is 0 Å². The molecule has 3 rings (SSSR count). The molecule has 0 spiro atoms. The van der Waals surface area contributed by atoms with E-state index in [2.05, 4.69) is 21.6 Å². The van der Waals surface area contributed by atoms with Gasteiger partial charge in [0.15, 0.2) is 0 Å². The number of nitrogens with one attached hydrogen (secondary N) is 1. The molecule has 18 heavy (non-hydrogen) atoms. The molecule has 0 amide bonds. The molecule has 2 aromatic heterocycles. The summed E-state index contributed by atoms with van der Waals surface area (Å²) in [5.74, 6) is 0.931. The molecule has 0 bridgehead atoms. The Morgan fingerprint density at radius 1 is 1.06 bits per heavy atom. The van der Waals surface area contributed by atoms with Gasteiger partial charge < -0.3 is 9.73 Å². The molecular weight excluding hydrogens is 226 g/mol. The van der Waals surface area contributed by atoms with E-state index in [1.54, 1.807) is 6.20 Å². The Morgan fingerprint density at radius 3 is 2.83 bits per heavy atom. The van der Waals surface area contributed by atoms with Crippen LogP contribution in [0.15, 0.2) is 53.1 Å². The second-order valence-corrected chi connectivity index (χ2v) is 4.07. The summed E-state index contributed by atoms with van der Waals surface area (Å²) in [6.07, 6.45) is 1.67. The fourth-order valence-corrected chi connectivity index (χ4v) is 1.87. The van der Waals surface area contributed by atoms with E-state index in [1.807, 2.05) is 36.4 Å². The third-order valence-corrected chi connectivity index (χ3v) is 2.71. The Labute approximate surface area is 105 Å². The van der Waals surface area contributed by atoms with Gasteiger partial charge in [0.2, 0.25) is 0 Å². The van der Waals surface area contributed by atoms with Gasteiger partial charge in [0, 0.05) is 18.1 Å². The lowest BCUT2D eigenvalue weighted by atomic mass is 10.2. The first kappa shape index (κ1) is 10.9. The Morgan fingerprint density at radius 2 is 2.00 bits per heavy atom. The van der Waals surface area contributed by atoms with Gasteiger partial charge in [0.1, 0.15) is 11.3 Å². The molecule has 0 aliphatic carbocycles. The Balaban J connectivity index is 1.63. The van der Waals surface area contributed by atoms with Gasteiger partial charge in [-0.15, -0.1) is 0 Å². The van der Waals surface area contributed by atoms with E-state index < -0.39 is 0 Å². The molecule has 1 aromatic carbocycles. The van der Waals surface area contributed by atoms with Crippen LogP contribution in [-0.2, 0) is 13.1 Å². The molecule has 0 saturated heterocycles. The molecular formula is C14H13N3O. The zero-order valence-corrected chi connectivity index (χ0v) is 9.84. The van der Waals surface area contributed by atoms with Crippen molar-refractivity contribution >= 4 is 11.0 Å². The summed E-state index contributed by atoms with van der Waals surface area (Å²) in [4.78, 5) is 0. The predicted octanol–water partition coefficient (Wildman–Crippen LogP) is 2.51. The number of fused-ring (bicyclic) bond motifs is 1. The van der Waals surface area contributed by atoms with Crippen molar-refractivity contribution in [2.45, 2.75) is 13.1 Å². The van der Waals surface area contributed by atoms with Crippen LogP contribution in [0.4, 0.5) is 0 Å². The Bertz CT molecular complexity index is 601. The second-order valence-electron chi connectivity index (χ2n) is 4.07. The molecule has 1 N–H and O–H groups in total. The van der Waals surface area contributed by atoms with Gasteiger partial charge in [-0.05, 0) is 24.3 Å². The van der Waals surface area contributed by atoms with E-state index in [1.165, 1.54) is 0 Å². The number of hydrogen-bond acceptors (Lipinski definition) is 4. The van der Waals surface area contributed by atoms with E-state index in [-0.39, 0.29) is 0 Å². The number of aromatic nitrogens is 2. The van der Waals surface area contributed by atoms with Crippen LogP contribution in [0.1, 0.15) is 11.5 Å². The van der Waals surface area contributed by atoms with Crippen molar-refractivity contribution in [1.82, 2.24) is 15.5 Å². The first-order valence-electron chi connectivity index (χ1n) is 5.86. The van der Waals surface area contributed by atoms with E-state index in [9.17, 15) is 0 Å². The molecule has 0 saturated carbocycles. The third kappa shape index (κ3) is 2.38. The highest BCUT2D eigenvalue weighted by atomic mass is 16.3. The molecule has 4 heteroatoms. The molecule has 0 atom stereocenters. The molecule has 0 radical (unpaired) electrons. The summed E-state index contributed by atoms with van der Waals surface area (Å²) < 4.78 is 5.71. The number of hydrogen-bond donors (Lipinski definition) is 1. The normalized spacial score (nSPS) is 10.9. The lowest BCUT2D eigenvalue weighted by Gasteiger charge is -2.00. The number of rotatable bonds is 4. The van der Waals surface area contributed by atoms with Gasteiger partial charge in [0.05, 0.1) is 12.2 Å². The van der Waals surface area contributed by atoms with Crippen molar-refractivity contribution in [2.24, 2.45) is 0 Å². The third-order valence-electron chi connectivity index (χ3n) is 2.71. The molecule has 0 fully saturated rings. The second kappa shape index (κ2) is 4.98. The first-order valence-corrected chi connectivity index (χ1v) is 5.86. The van der Waals surface area contributed by atoms with Crippen molar-refractivity contribution in [1.29, 1.82) is 0 Å². The summed E-state index contributed by atoms with van der Waals surface area (Å²) in [5, 5.41) is 12.3. The van der Waals surface area contributed by atoms with Crippen molar-refractivity contribution in [3.8, 4) is 0 Å². The molecule has 3 aromatic rings. The van der Waals surface area contributed by atoms with Crippen LogP contribution in [0, 0.1) is 0 Å². The summed E-state index contributed by atoms with van der Waals surface area (Å²) in [7, 11) is 0. The van der Waals surface area contributed by atoms with E-state index >= 15 is 0 Å². The highest BCUT2D eigenvalue weighted by Crippen LogP contribution is 2.18. The number of para-hydroxylation sites is 1. The Kier molecular flexibility index (Phi) is 3.02. The first-order chi connectivity index (χ1) is 8.92. The lowest BCUT2D eigenvalue weighted by molar-refractivity contribution is 0.511. The fourth-order valence-electron chi connectivity index (χ4n) is 1.87.